The van der Waals surface area contributed by atoms with E-state index in [9.17, 15) is 8.42 Å². The predicted molar refractivity (Wildman–Crippen MR) is 136 cm³/mol. The fourth-order valence-electron chi connectivity index (χ4n) is 4.69. The minimum atomic E-state index is -3.74. The van der Waals surface area contributed by atoms with Gasteiger partial charge in [-0.2, -0.15) is 5.10 Å². The van der Waals surface area contributed by atoms with E-state index in [4.69, 9.17) is 4.74 Å². The molecule has 1 fully saturated rings. The summed E-state index contributed by atoms with van der Waals surface area (Å²) in [5.74, 6) is 0.351. The molecule has 2 aliphatic rings. The molecule has 0 spiro atoms. The van der Waals surface area contributed by atoms with Crippen LogP contribution in [0.25, 0.3) is 6.08 Å². The quantitative estimate of drug-likeness (QED) is 0.502. The Labute approximate surface area is 206 Å². The number of ether oxygens (including phenoxy) is 1. The first-order valence-corrected chi connectivity index (χ1v) is 13.4. The first-order chi connectivity index (χ1) is 16.9. The first kappa shape index (κ1) is 23.7. The Kier molecular flexibility index (Phi) is 6.73. The molecule has 9 heteroatoms. The van der Waals surface area contributed by atoms with Crippen molar-refractivity contribution in [2.45, 2.75) is 31.2 Å². The maximum absolute atomic E-state index is 13.6. The summed E-state index contributed by atoms with van der Waals surface area (Å²) >= 11 is 0. The summed E-state index contributed by atoms with van der Waals surface area (Å²) in [5.41, 5.74) is 4.03. The summed E-state index contributed by atoms with van der Waals surface area (Å²) in [6.45, 7) is 9.49. The second kappa shape index (κ2) is 9.93. The third-order valence-electron chi connectivity index (χ3n) is 6.47. The van der Waals surface area contributed by atoms with Gasteiger partial charge in [0.05, 0.1) is 30.9 Å². The second-order valence-corrected chi connectivity index (χ2v) is 11.2. The lowest BCUT2D eigenvalue weighted by atomic mass is 9.96. The average molecular weight is 494 g/mol. The van der Waals surface area contributed by atoms with Gasteiger partial charge >= 0.3 is 0 Å². The van der Waals surface area contributed by atoms with E-state index in [1.807, 2.05) is 37.0 Å². The summed E-state index contributed by atoms with van der Waals surface area (Å²) < 4.78 is 35.9. The topological polar surface area (TPSA) is 80.6 Å². The molecule has 1 aromatic carbocycles. The van der Waals surface area contributed by atoms with Gasteiger partial charge < -0.3 is 4.74 Å². The number of benzene rings is 1. The zero-order valence-corrected chi connectivity index (χ0v) is 21.0. The number of hydrogen-bond acceptors (Lipinski definition) is 6. The van der Waals surface area contributed by atoms with Crippen LogP contribution in [-0.2, 0) is 21.3 Å². The summed E-state index contributed by atoms with van der Waals surface area (Å²) in [5, 5.41) is 4.59. The normalized spacial score (nSPS) is 18.5. The number of aromatic nitrogens is 3. The van der Waals surface area contributed by atoms with Crippen LogP contribution < -0.4 is 4.31 Å². The minimum absolute atomic E-state index is 0.140. The van der Waals surface area contributed by atoms with Gasteiger partial charge in [-0.05, 0) is 43.2 Å². The predicted octanol–water partition coefficient (Wildman–Crippen LogP) is 3.37. The molecule has 4 heterocycles. The molecule has 8 nitrogen and oxygen atoms in total. The van der Waals surface area contributed by atoms with E-state index in [1.165, 1.54) is 4.31 Å². The van der Waals surface area contributed by atoms with Crippen LogP contribution in [0, 0.1) is 0 Å². The van der Waals surface area contributed by atoms with E-state index >= 15 is 0 Å². The Balaban J connectivity index is 1.45. The number of hydrogen-bond donors (Lipinski definition) is 0. The number of anilines is 1. The Morgan fingerprint density at radius 1 is 1.11 bits per heavy atom. The first-order valence-electron chi connectivity index (χ1n) is 12.0. The molecule has 5 rings (SSSR count). The van der Waals surface area contributed by atoms with Crippen LogP contribution in [0.15, 0.2) is 65.5 Å². The van der Waals surface area contributed by atoms with Gasteiger partial charge in [0.2, 0.25) is 0 Å². The van der Waals surface area contributed by atoms with Crippen LogP contribution in [0.5, 0.6) is 0 Å². The van der Waals surface area contributed by atoms with Gasteiger partial charge in [0, 0.05) is 50.1 Å². The monoisotopic (exact) mass is 493 g/mol. The van der Waals surface area contributed by atoms with Gasteiger partial charge in [-0.25, -0.2) is 17.7 Å². The van der Waals surface area contributed by atoms with Crippen molar-refractivity contribution >= 4 is 21.9 Å². The van der Waals surface area contributed by atoms with Crippen LogP contribution in [0.4, 0.5) is 5.82 Å². The highest BCUT2D eigenvalue weighted by atomic mass is 32.2. The van der Waals surface area contributed by atoms with Gasteiger partial charge in [-0.1, -0.05) is 29.8 Å². The molecule has 1 unspecified atom stereocenters. The van der Waals surface area contributed by atoms with Gasteiger partial charge in [-0.3, -0.25) is 9.58 Å². The Morgan fingerprint density at radius 2 is 1.89 bits per heavy atom. The van der Waals surface area contributed by atoms with E-state index in [0.29, 0.717) is 12.4 Å². The van der Waals surface area contributed by atoms with Crippen molar-refractivity contribution in [1.82, 2.24) is 19.7 Å². The number of rotatable bonds is 7. The number of morpholine rings is 1. The maximum atomic E-state index is 13.6. The average Bonchev–Trinajstić information content (AvgIpc) is 3.48. The third kappa shape index (κ3) is 5.03. The maximum Gasteiger partial charge on any atom is 0.265 e. The van der Waals surface area contributed by atoms with E-state index < -0.39 is 10.0 Å². The van der Waals surface area contributed by atoms with Crippen LogP contribution in [0.2, 0.25) is 0 Å². The molecule has 0 saturated carbocycles. The van der Waals surface area contributed by atoms with Crippen molar-refractivity contribution in [3.8, 4) is 0 Å². The standard InChI is InChI=1S/C26H31N5O3S/c1-20(2)14-21-15-24-25(22-17-28-30(18-22)9-8-29-10-12-34-13-11-29)19-31(26(24)27-16-21)35(32,33)23-6-4-3-5-7-23/h3-7,14-18,25H,8-13,19H2,1-2H3. The van der Waals surface area contributed by atoms with E-state index in [0.717, 1.165) is 61.7 Å². The number of sulfonamides is 1. The van der Waals surface area contributed by atoms with Crippen molar-refractivity contribution in [2.24, 2.45) is 0 Å². The molecule has 0 N–H and O–H groups in total. The highest BCUT2D eigenvalue weighted by Gasteiger charge is 2.39. The fraction of sp³-hybridized carbons (Fsp3) is 0.385. The minimum Gasteiger partial charge on any atom is -0.379 e. The smallest absolute Gasteiger partial charge is 0.265 e. The van der Waals surface area contributed by atoms with Crippen LogP contribution in [0.3, 0.4) is 0 Å². The highest BCUT2D eigenvalue weighted by molar-refractivity contribution is 7.92. The molecule has 1 atom stereocenters. The molecule has 0 radical (unpaired) electrons. The number of nitrogens with zero attached hydrogens (tertiary/aromatic N) is 5. The summed E-state index contributed by atoms with van der Waals surface area (Å²) in [4.78, 5) is 7.26. The molecule has 0 bridgehead atoms. The molecule has 35 heavy (non-hydrogen) atoms. The summed E-state index contributed by atoms with van der Waals surface area (Å²) in [7, 11) is -3.74. The van der Waals surface area contributed by atoms with Gasteiger partial charge in [0.1, 0.15) is 5.82 Å². The molecule has 3 aromatic rings. The molecule has 2 aromatic heterocycles. The lowest BCUT2D eigenvalue weighted by Gasteiger charge is -2.26. The molecule has 1 saturated heterocycles. The molecule has 2 aliphatic heterocycles. The summed E-state index contributed by atoms with van der Waals surface area (Å²) in [6.07, 6.45) is 7.71. The van der Waals surface area contributed by atoms with Crippen molar-refractivity contribution in [1.29, 1.82) is 0 Å². The van der Waals surface area contributed by atoms with Gasteiger partial charge in [0.15, 0.2) is 0 Å². The number of pyridine rings is 1. The molecule has 0 aliphatic carbocycles. The number of allylic oxidation sites excluding steroid dienone is 1. The van der Waals surface area contributed by atoms with E-state index in [2.05, 4.69) is 27.1 Å². The number of fused-ring (bicyclic) bond motifs is 1. The summed E-state index contributed by atoms with van der Waals surface area (Å²) in [6, 6.07) is 10.6. The fourth-order valence-corrected chi connectivity index (χ4v) is 6.17. The molecular formula is C26H31N5O3S. The second-order valence-electron chi connectivity index (χ2n) is 9.30. The van der Waals surface area contributed by atoms with E-state index in [-0.39, 0.29) is 10.8 Å². The van der Waals surface area contributed by atoms with Crippen molar-refractivity contribution in [2.75, 3.05) is 43.7 Å². The van der Waals surface area contributed by atoms with Gasteiger partial charge in [0.25, 0.3) is 10.0 Å². The van der Waals surface area contributed by atoms with Crippen molar-refractivity contribution in [3.05, 3.63) is 77.3 Å². The Bertz CT molecular complexity index is 1310. The lowest BCUT2D eigenvalue weighted by Crippen LogP contribution is -2.38. The Hall–Kier alpha value is -3.01. The molecule has 0 amide bonds. The van der Waals surface area contributed by atoms with Crippen LogP contribution >= 0.6 is 0 Å². The molecule has 184 valence electrons. The lowest BCUT2D eigenvalue weighted by molar-refractivity contribution is 0.0359. The van der Waals surface area contributed by atoms with Crippen molar-refractivity contribution in [3.63, 3.8) is 0 Å². The largest absolute Gasteiger partial charge is 0.379 e. The van der Waals surface area contributed by atoms with Crippen LogP contribution in [0.1, 0.15) is 36.5 Å². The zero-order valence-electron chi connectivity index (χ0n) is 20.2. The third-order valence-corrected chi connectivity index (χ3v) is 8.24. The van der Waals surface area contributed by atoms with Crippen LogP contribution in [-0.4, -0.2) is 67.5 Å². The van der Waals surface area contributed by atoms with Crippen molar-refractivity contribution < 1.29 is 13.2 Å². The molecular weight excluding hydrogens is 462 g/mol. The highest BCUT2D eigenvalue weighted by Crippen LogP contribution is 2.42. The SMILES string of the molecule is CC(C)=Cc1cnc2c(c1)C(c1cnn(CCN3CCOCC3)c1)CN2S(=O)(=O)c1ccccc1. The zero-order chi connectivity index (χ0) is 24.4. The van der Waals surface area contributed by atoms with Gasteiger partial charge in [-0.15, -0.1) is 0 Å². The van der Waals surface area contributed by atoms with E-state index in [1.54, 1.807) is 30.5 Å². The Morgan fingerprint density at radius 3 is 2.63 bits per heavy atom.